The summed E-state index contributed by atoms with van der Waals surface area (Å²) in [6, 6.07) is 4.40. The van der Waals surface area contributed by atoms with Crippen molar-refractivity contribution in [3.63, 3.8) is 0 Å². The molecule has 0 unspecified atom stereocenters. The number of unbranched alkanes of at least 4 members (excludes halogenated alkanes) is 3. The van der Waals surface area contributed by atoms with Crippen LogP contribution in [-0.4, -0.2) is 0 Å². The molecule has 1 aromatic rings. The molecule has 1 heterocycles. The smallest absolute Gasteiger partial charge is 0.0299 e. The molecule has 0 radical (unpaired) electrons. The number of allylic oxidation sites excluding steroid dienone is 2. The fourth-order valence-corrected chi connectivity index (χ4v) is 2.43. The van der Waals surface area contributed by atoms with Crippen molar-refractivity contribution < 1.29 is 0 Å². The molecule has 0 N–H and O–H groups in total. The minimum atomic E-state index is 1.24. The van der Waals surface area contributed by atoms with Crippen LogP contribution in [0.3, 0.4) is 0 Å². The van der Waals surface area contributed by atoms with Gasteiger partial charge in [-0.2, -0.15) is 0 Å². The monoisotopic (exact) mass is 222 g/mol. The van der Waals surface area contributed by atoms with E-state index in [2.05, 4.69) is 37.4 Å². The Balaban J connectivity index is 2.57. The quantitative estimate of drug-likeness (QED) is 0.533. The van der Waals surface area contributed by atoms with Gasteiger partial charge in [-0.25, -0.2) is 0 Å². The van der Waals surface area contributed by atoms with Crippen molar-refractivity contribution in [2.45, 2.75) is 52.4 Å². The second-order valence-electron chi connectivity index (χ2n) is 3.95. The molecular weight excluding hydrogens is 200 g/mol. The first-order chi connectivity index (χ1) is 7.38. The van der Waals surface area contributed by atoms with Crippen molar-refractivity contribution in [2.24, 2.45) is 0 Å². The lowest BCUT2D eigenvalue weighted by molar-refractivity contribution is 0.801. The number of rotatable bonds is 7. The number of hydrogen-bond acceptors (Lipinski definition) is 1. The van der Waals surface area contributed by atoms with Gasteiger partial charge in [-0.15, -0.1) is 11.3 Å². The highest BCUT2D eigenvalue weighted by atomic mass is 32.1. The molecule has 15 heavy (non-hydrogen) atoms. The summed E-state index contributed by atoms with van der Waals surface area (Å²) >= 11 is 1.87. The minimum Gasteiger partial charge on any atom is -0.144 e. The summed E-state index contributed by atoms with van der Waals surface area (Å²) in [5, 5.41) is 2.18. The highest BCUT2D eigenvalue weighted by Gasteiger charge is 2.01. The third-order valence-electron chi connectivity index (χ3n) is 2.59. The van der Waals surface area contributed by atoms with E-state index in [4.69, 9.17) is 0 Å². The Bertz CT molecular complexity index is 270. The molecule has 0 aliphatic rings. The Labute approximate surface area is 98.0 Å². The molecule has 0 bridgehead atoms. The first kappa shape index (κ1) is 12.5. The lowest BCUT2D eigenvalue weighted by Crippen LogP contribution is -1.82. The molecule has 0 saturated carbocycles. The first-order valence-electron chi connectivity index (χ1n) is 6.11. The zero-order valence-corrected chi connectivity index (χ0v) is 10.8. The molecule has 0 aliphatic heterocycles. The largest absolute Gasteiger partial charge is 0.144 e. The summed E-state index contributed by atoms with van der Waals surface area (Å²) < 4.78 is 0. The van der Waals surface area contributed by atoms with Crippen molar-refractivity contribution in [3.05, 3.63) is 28.5 Å². The third-order valence-corrected chi connectivity index (χ3v) is 3.53. The molecule has 1 aromatic heterocycles. The predicted molar refractivity (Wildman–Crippen MR) is 71.3 cm³/mol. The Morgan fingerprint density at radius 1 is 1.27 bits per heavy atom. The average molecular weight is 222 g/mol. The van der Waals surface area contributed by atoms with Gasteiger partial charge < -0.3 is 0 Å². The van der Waals surface area contributed by atoms with Crippen LogP contribution in [0.2, 0.25) is 0 Å². The maximum Gasteiger partial charge on any atom is 0.0299 e. The molecular formula is C14H22S. The highest BCUT2D eigenvalue weighted by Crippen LogP contribution is 2.25. The minimum absolute atomic E-state index is 1.24. The van der Waals surface area contributed by atoms with Crippen LogP contribution >= 0.6 is 11.3 Å². The van der Waals surface area contributed by atoms with Gasteiger partial charge in [-0.05, 0) is 36.3 Å². The van der Waals surface area contributed by atoms with Crippen LogP contribution < -0.4 is 0 Å². The molecule has 1 heteroatoms. The van der Waals surface area contributed by atoms with Crippen molar-refractivity contribution in [2.75, 3.05) is 0 Å². The SMILES string of the molecule is CCCC/C=C(\CCCC)c1cccs1. The topological polar surface area (TPSA) is 0 Å². The van der Waals surface area contributed by atoms with E-state index in [1.165, 1.54) is 43.4 Å². The van der Waals surface area contributed by atoms with Crippen LogP contribution in [0.4, 0.5) is 0 Å². The molecule has 1 rings (SSSR count). The molecule has 0 spiro atoms. The lowest BCUT2D eigenvalue weighted by atomic mass is 10.0. The number of hydrogen-bond donors (Lipinski definition) is 0. The van der Waals surface area contributed by atoms with E-state index in [0.717, 1.165) is 0 Å². The van der Waals surface area contributed by atoms with E-state index in [-0.39, 0.29) is 0 Å². The van der Waals surface area contributed by atoms with Gasteiger partial charge in [0.25, 0.3) is 0 Å². The van der Waals surface area contributed by atoms with Crippen LogP contribution in [-0.2, 0) is 0 Å². The van der Waals surface area contributed by atoms with Gasteiger partial charge in [0.2, 0.25) is 0 Å². The lowest BCUT2D eigenvalue weighted by Gasteiger charge is -2.04. The van der Waals surface area contributed by atoms with E-state index in [1.807, 2.05) is 11.3 Å². The molecule has 0 amide bonds. The summed E-state index contributed by atoms with van der Waals surface area (Å²) in [6.07, 6.45) is 10.2. The van der Waals surface area contributed by atoms with Crippen LogP contribution in [0.1, 0.15) is 57.2 Å². The zero-order valence-electron chi connectivity index (χ0n) is 9.96. The molecule has 0 nitrogen and oxygen atoms in total. The Morgan fingerprint density at radius 2 is 2.07 bits per heavy atom. The normalized spacial score (nSPS) is 12.0. The van der Waals surface area contributed by atoms with Gasteiger partial charge in [0.05, 0.1) is 0 Å². The maximum atomic E-state index is 2.45. The standard InChI is InChI=1S/C14H22S/c1-3-5-7-10-13(9-6-4-2)14-11-8-12-15-14/h8,10-12H,3-7,9H2,1-2H3/b13-10+. The second-order valence-corrected chi connectivity index (χ2v) is 4.90. The maximum absolute atomic E-state index is 2.45. The van der Waals surface area contributed by atoms with Gasteiger partial charge >= 0.3 is 0 Å². The van der Waals surface area contributed by atoms with Crippen molar-refractivity contribution in [3.8, 4) is 0 Å². The van der Waals surface area contributed by atoms with Gasteiger partial charge in [-0.3, -0.25) is 0 Å². The predicted octanol–water partition coefficient (Wildman–Crippen LogP) is 5.51. The van der Waals surface area contributed by atoms with Crippen LogP contribution in [0.15, 0.2) is 23.6 Å². The van der Waals surface area contributed by atoms with Crippen molar-refractivity contribution in [1.29, 1.82) is 0 Å². The van der Waals surface area contributed by atoms with E-state index in [9.17, 15) is 0 Å². The summed E-state index contributed by atoms with van der Waals surface area (Å²) in [4.78, 5) is 1.47. The average Bonchev–Trinajstić information content (AvgIpc) is 2.76. The fourth-order valence-electron chi connectivity index (χ4n) is 1.63. The highest BCUT2D eigenvalue weighted by molar-refractivity contribution is 7.11. The molecule has 0 saturated heterocycles. The molecule has 0 fully saturated rings. The van der Waals surface area contributed by atoms with Gasteiger partial charge in [0.1, 0.15) is 0 Å². The second kappa shape index (κ2) is 7.70. The summed E-state index contributed by atoms with van der Waals surface area (Å²) in [6.45, 7) is 4.52. The first-order valence-corrected chi connectivity index (χ1v) is 6.99. The third kappa shape index (κ3) is 4.65. The Hall–Kier alpha value is -0.560. The summed E-state index contributed by atoms with van der Waals surface area (Å²) in [5.41, 5.74) is 1.57. The Kier molecular flexibility index (Phi) is 6.42. The summed E-state index contributed by atoms with van der Waals surface area (Å²) in [7, 11) is 0. The zero-order chi connectivity index (χ0) is 10.9. The van der Waals surface area contributed by atoms with E-state index < -0.39 is 0 Å². The molecule has 0 atom stereocenters. The molecule has 84 valence electrons. The Morgan fingerprint density at radius 3 is 2.67 bits per heavy atom. The van der Waals surface area contributed by atoms with Crippen molar-refractivity contribution in [1.82, 2.24) is 0 Å². The van der Waals surface area contributed by atoms with E-state index in [0.29, 0.717) is 0 Å². The van der Waals surface area contributed by atoms with Gasteiger partial charge in [0.15, 0.2) is 0 Å². The molecule has 0 aromatic carbocycles. The van der Waals surface area contributed by atoms with E-state index >= 15 is 0 Å². The number of thiophene rings is 1. The fraction of sp³-hybridized carbons (Fsp3) is 0.571. The van der Waals surface area contributed by atoms with Crippen LogP contribution in [0.25, 0.3) is 5.57 Å². The van der Waals surface area contributed by atoms with Crippen LogP contribution in [0.5, 0.6) is 0 Å². The molecule has 0 aliphatic carbocycles. The van der Waals surface area contributed by atoms with Gasteiger partial charge in [-0.1, -0.05) is 45.3 Å². The summed E-state index contributed by atoms with van der Waals surface area (Å²) in [5.74, 6) is 0. The van der Waals surface area contributed by atoms with Crippen molar-refractivity contribution >= 4 is 16.9 Å². The van der Waals surface area contributed by atoms with Crippen LogP contribution in [0, 0.1) is 0 Å². The van der Waals surface area contributed by atoms with E-state index in [1.54, 1.807) is 5.57 Å². The van der Waals surface area contributed by atoms with Gasteiger partial charge in [0, 0.05) is 4.88 Å².